The Morgan fingerprint density at radius 1 is 0.958 bits per heavy atom. The Morgan fingerprint density at radius 2 is 1.54 bits per heavy atom. The Bertz CT molecular complexity index is 644. The van der Waals surface area contributed by atoms with E-state index in [0.29, 0.717) is 13.0 Å². The lowest BCUT2D eigenvalue weighted by Crippen LogP contribution is -2.47. The third-order valence-corrected chi connectivity index (χ3v) is 3.45. The number of urea groups is 1. The number of hydrogen-bond acceptors (Lipinski definition) is 3. The van der Waals surface area contributed by atoms with Gasteiger partial charge in [-0.15, -0.1) is 0 Å². The van der Waals surface area contributed by atoms with Crippen molar-refractivity contribution in [2.24, 2.45) is 0 Å². The molecule has 2 rings (SSSR count). The van der Waals surface area contributed by atoms with Crippen LogP contribution in [0.15, 0.2) is 60.7 Å². The van der Waals surface area contributed by atoms with Crippen molar-refractivity contribution >= 4 is 12.0 Å². The smallest absolute Gasteiger partial charge is 0.329 e. The molecule has 0 aromatic heterocycles. The van der Waals surface area contributed by atoms with Crippen molar-refractivity contribution in [3.63, 3.8) is 0 Å². The number of carbonyl (C=O) groups excluding carboxylic acids is 2. The lowest BCUT2D eigenvalue weighted by Gasteiger charge is -2.18. The van der Waals surface area contributed by atoms with E-state index in [1.165, 1.54) is 0 Å². The number of esters is 1. The van der Waals surface area contributed by atoms with Gasteiger partial charge in [-0.2, -0.15) is 0 Å². The third-order valence-electron chi connectivity index (χ3n) is 3.45. The molecule has 2 amide bonds. The zero-order chi connectivity index (χ0) is 17.2. The number of ether oxygens (including phenoxy) is 1. The van der Waals surface area contributed by atoms with Crippen molar-refractivity contribution in [1.29, 1.82) is 0 Å². The van der Waals surface area contributed by atoms with E-state index in [-0.39, 0.29) is 6.61 Å². The topological polar surface area (TPSA) is 67.4 Å². The highest BCUT2D eigenvalue weighted by Gasteiger charge is 2.22. The Morgan fingerprint density at radius 3 is 2.12 bits per heavy atom. The minimum atomic E-state index is -0.719. The van der Waals surface area contributed by atoms with Gasteiger partial charge in [0.25, 0.3) is 0 Å². The first-order valence-electron chi connectivity index (χ1n) is 7.98. The zero-order valence-electron chi connectivity index (χ0n) is 13.7. The predicted molar refractivity (Wildman–Crippen MR) is 92.4 cm³/mol. The van der Waals surface area contributed by atoms with Crippen molar-refractivity contribution in [2.45, 2.75) is 25.9 Å². The summed E-state index contributed by atoms with van der Waals surface area (Å²) < 4.78 is 5.06. The molecule has 2 N–H and O–H groups in total. The minimum absolute atomic E-state index is 0.275. The molecular weight excluding hydrogens is 304 g/mol. The Labute approximate surface area is 142 Å². The second-order valence-electron chi connectivity index (χ2n) is 5.31. The van der Waals surface area contributed by atoms with E-state index in [4.69, 9.17) is 4.74 Å². The highest BCUT2D eigenvalue weighted by Crippen LogP contribution is 2.05. The molecule has 0 spiro atoms. The largest absolute Gasteiger partial charge is 0.464 e. The molecule has 5 nitrogen and oxygen atoms in total. The second kappa shape index (κ2) is 9.35. The lowest BCUT2D eigenvalue weighted by molar-refractivity contribution is -0.145. The molecule has 0 saturated heterocycles. The number of carbonyl (C=O) groups is 2. The van der Waals surface area contributed by atoms with Gasteiger partial charge in [0.1, 0.15) is 6.04 Å². The Balaban J connectivity index is 1.93. The highest BCUT2D eigenvalue weighted by molar-refractivity contribution is 5.83. The van der Waals surface area contributed by atoms with E-state index in [1.54, 1.807) is 6.92 Å². The maximum absolute atomic E-state index is 12.1. The first-order valence-corrected chi connectivity index (χ1v) is 7.98. The number of amides is 2. The number of nitrogens with one attached hydrogen (secondary N) is 2. The summed E-state index contributed by atoms with van der Waals surface area (Å²) in [5, 5.41) is 5.45. The predicted octanol–water partition coefficient (Wildman–Crippen LogP) is 2.66. The number of rotatable bonds is 7. The van der Waals surface area contributed by atoms with Crippen LogP contribution in [-0.4, -0.2) is 24.6 Å². The van der Waals surface area contributed by atoms with E-state index in [9.17, 15) is 9.59 Å². The fourth-order valence-corrected chi connectivity index (χ4v) is 2.27. The van der Waals surface area contributed by atoms with E-state index in [0.717, 1.165) is 11.1 Å². The molecule has 0 bridgehead atoms. The molecule has 2 aromatic carbocycles. The van der Waals surface area contributed by atoms with Gasteiger partial charge in [-0.05, 0) is 18.1 Å². The number of hydrogen-bond donors (Lipinski definition) is 2. The standard InChI is InChI=1S/C19H22N2O3/c1-2-24-18(22)17(13-15-9-5-3-6-10-15)21-19(23)20-14-16-11-7-4-8-12-16/h3-12,17H,2,13-14H2,1H3,(H2,20,21,23). The molecule has 0 aliphatic heterocycles. The van der Waals surface area contributed by atoms with Gasteiger partial charge in [0.2, 0.25) is 0 Å². The fourth-order valence-electron chi connectivity index (χ4n) is 2.27. The molecular formula is C19H22N2O3. The SMILES string of the molecule is CCOC(=O)C(Cc1ccccc1)NC(=O)NCc1ccccc1. The van der Waals surface area contributed by atoms with E-state index < -0.39 is 18.0 Å². The maximum atomic E-state index is 12.1. The van der Waals surface area contributed by atoms with Crippen LogP contribution in [0.5, 0.6) is 0 Å². The van der Waals surface area contributed by atoms with Gasteiger partial charge in [-0.25, -0.2) is 9.59 Å². The maximum Gasteiger partial charge on any atom is 0.329 e. The van der Waals surface area contributed by atoms with Crippen LogP contribution in [0.3, 0.4) is 0 Å². The summed E-state index contributed by atoms with van der Waals surface area (Å²) in [7, 11) is 0. The minimum Gasteiger partial charge on any atom is -0.464 e. The van der Waals surface area contributed by atoms with Crippen LogP contribution in [-0.2, 0) is 22.5 Å². The van der Waals surface area contributed by atoms with Crippen molar-refractivity contribution in [3.8, 4) is 0 Å². The van der Waals surface area contributed by atoms with Crippen molar-refractivity contribution < 1.29 is 14.3 Å². The molecule has 126 valence electrons. The summed E-state index contributed by atoms with van der Waals surface area (Å²) in [6.45, 7) is 2.41. The molecule has 0 heterocycles. The molecule has 0 radical (unpaired) electrons. The monoisotopic (exact) mass is 326 g/mol. The summed E-state index contributed by atoms with van der Waals surface area (Å²) in [5.74, 6) is -0.434. The molecule has 1 unspecified atom stereocenters. The van der Waals surface area contributed by atoms with Gasteiger partial charge in [0.15, 0.2) is 0 Å². The molecule has 0 aliphatic rings. The van der Waals surface area contributed by atoms with Crippen LogP contribution >= 0.6 is 0 Å². The summed E-state index contributed by atoms with van der Waals surface area (Å²) in [4.78, 5) is 24.2. The third kappa shape index (κ3) is 5.76. The summed E-state index contributed by atoms with van der Waals surface area (Å²) >= 11 is 0. The van der Waals surface area contributed by atoms with Crippen LogP contribution in [0.4, 0.5) is 4.79 Å². The molecule has 0 aliphatic carbocycles. The zero-order valence-corrected chi connectivity index (χ0v) is 13.7. The van der Waals surface area contributed by atoms with E-state index in [1.807, 2.05) is 60.7 Å². The summed E-state index contributed by atoms with van der Waals surface area (Å²) in [6, 6.07) is 18.0. The summed E-state index contributed by atoms with van der Waals surface area (Å²) in [6.07, 6.45) is 0.387. The van der Waals surface area contributed by atoms with Gasteiger partial charge in [-0.1, -0.05) is 60.7 Å². The average molecular weight is 326 g/mol. The fraction of sp³-hybridized carbons (Fsp3) is 0.263. The molecule has 0 saturated carbocycles. The van der Waals surface area contributed by atoms with Gasteiger partial charge < -0.3 is 15.4 Å². The van der Waals surface area contributed by atoms with Crippen molar-refractivity contribution in [2.75, 3.05) is 6.61 Å². The van der Waals surface area contributed by atoms with Gasteiger partial charge in [0, 0.05) is 13.0 Å². The normalized spacial score (nSPS) is 11.4. The van der Waals surface area contributed by atoms with Crippen molar-refractivity contribution in [3.05, 3.63) is 71.8 Å². The van der Waals surface area contributed by atoms with E-state index in [2.05, 4.69) is 10.6 Å². The van der Waals surface area contributed by atoms with Gasteiger partial charge in [-0.3, -0.25) is 0 Å². The van der Waals surface area contributed by atoms with Gasteiger partial charge >= 0.3 is 12.0 Å². The van der Waals surface area contributed by atoms with Crippen LogP contribution in [0, 0.1) is 0 Å². The first kappa shape index (κ1) is 17.5. The van der Waals surface area contributed by atoms with E-state index >= 15 is 0 Å². The van der Waals surface area contributed by atoms with Crippen LogP contribution in [0.1, 0.15) is 18.1 Å². The number of benzene rings is 2. The van der Waals surface area contributed by atoms with Crippen LogP contribution < -0.4 is 10.6 Å². The summed E-state index contributed by atoms with van der Waals surface area (Å²) in [5.41, 5.74) is 1.95. The second-order valence-corrected chi connectivity index (χ2v) is 5.31. The van der Waals surface area contributed by atoms with Gasteiger partial charge in [0.05, 0.1) is 6.61 Å². The van der Waals surface area contributed by atoms with Crippen LogP contribution in [0.25, 0.3) is 0 Å². The lowest BCUT2D eigenvalue weighted by atomic mass is 10.1. The molecule has 24 heavy (non-hydrogen) atoms. The molecule has 2 aromatic rings. The highest BCUT2D eigenvalue weighted by atomic mass is 16.5. The molecule has 1 atom stereocenters. The first-order chi connectivity index (χ1) is 11.7. The molecule has 5 heteroatoms. The molecule has 0 fully saturated rings. The van der Waals surface area contributed by atoms with Crippen LogP contribution in [0.2, 0.25) is 0 Å². The van der Waals surface area contributed by atoms with Crippen molar-refractivity contribution in [1.82, 2.24) is 10.6 Å². The Hall–Kier alpha value is -2.82. The quantitative estimate of drug-likeness (QED) is 0.769. The Kier molecular flexibility index (Phi) is 6.83. The average Bonchev–Trinajstić information content (AvgIpc) is 2.61.